The van der Waals surface area contributed by atoms with Gasteiger partial charge in [-0.3, -0.25) is 4.79 Å². The van der Waals surface area contributed by atoms with E-state index in [0.29, 0.717) is 22.9 Å². The molecule has 1 N–H and O–H groups in total. The van der Waals surface area contributed by atoms with E-state index in [0.717, 1.165) is 11.4 Å². The third-order valence-corrected chi connectivity index (χ3v) is 3.61. The van der Waals surface area contributed by atoms with Crippen molar-refractivity contribution in [3.63, 3.8) is 0 Å². The summed E-state index contributed by atoms with van der Waals surface area (Å²) < 4.78 is 7.00. The summed E-state index contributed by atoms with van der Waals surface area (Å²) in [6, 6.07) is 14.5. The van der Waals surface area contributed by atoms with Crippen molar-refractivity contribution in [1.29, 1.82) is 0 Å². The van der Waals surface area contributed by atoms with E-state index >= 15 is 0 Å². The maximum absolute atomic E-state index is 12.3. The standard InChI is InChI=1S/C18H16ClN3O2/c1-2-24-17-9-5-15(6-10-17)21-18(23)13-11-20-22(12-13)16-7-3-14(19)4-8-16/h3-12H,2H2,1H3,(H,21,23). The molecule has 0 bridgehead atoms. The Hall–Kier alpha value is -2.79. The Morgan fingerprint density at radius 1 is 1.17 bits per heavy atom. The van der Waals surface area contributed by atoms with Crippen LogP contribution in [0.3, 0.4) is 0 Å². The van der Waals surface area contributed by atoms with Crippen LogP contribution in [-0.2, 0) is 0 Å². The first-order chi connectivity index (χ1) is 11.7. The second-order valence-electron chi connectivity index (χ2n) is 5.06. The lowest BCUT2D eigenvalue weighted by molar-refractivity contribution is 0.102. The van der Waals surface area contributed by atoms with Crippen LogP contribution in [0.1, 0.15) is 17.3 Å². The van der Waals surface area contributed by atoms with Gasteiger partial charge in [-0.05, 0) is 55.5 Å². The summed E-state index contributed by atoms with van der Waals surface area (Å²) in [6.07, 6.45) is 3.20. The number of ether oxygens (including phenoxy) is 1. The fraction of sp³-hybridized carbons (Fsp3) is 0.111. The van der Waals surface area contributed by atoms with Crippen molar-refractivity contribution in [3.05, 3.63) is 71.5 Å². The number of anilines is 1. The summed E-state index contributed by atoms with van der Waals surface area (Å²) in [4.78, 5) is 12.3. The van der Waals surface area contributed by atoms with Crippen LogP contribution in [0, 0.1) is 0 Å². The van der Waals surface area contributed by atoms with E-state index in [1.54, 1.807) is 35.1 Å². The predicted octanol–water partition coefficient (Wildman–Crippen LogP) is 4.18. The Morgan fingerprint density at radius 3 is 2.54 bits per heavy atom. The molecule has 0 atom stereocenters. The third kappa shape index (κ3) is 3.75. The fourth-order valence-corrected chi connectivity index (χ4v) is 2.31. The van der Waals surface area contributed by atoms with Crippen molar-refractivity contribution in [1.82, 2.24) is 9.78 Å². The maximum atomic E-state index is 12.3. The van der Waals surface area contributed by atoms with Gasteiger partial charge >= 0.3 is 0 Å². The van der Waals surface area contributed by atoms with Gasteiger partial charge in [0.25, 0.3) is 5.91 Å². The molecule has 0 aliphatic heterocycles. The normalized spacial score (nSPS) is 10.4. The van der Waals surface area contributed by atoms with E-state index in [9.17, 15) is 4.79 Å². The van der Waals surface area contributed by atoms with E-state index in [1.165, 1.54) is 6.20 Å². The summed E-state index contributed by atoms with van der Waals surface area (Å²) in [6.45, 7) is 2.53. The molecule has 0 radical (unpaired) electrons. The maximum Gasteiger partial charge on any atom is 0.258 e. The average Bonchev–Trinajstić information content (AvgIpc) is 3.08. The van der Waals surface area contributed by atoms with E-state index in [4.69, 9.17) is 16.3 Å². The molecule has 5 nitrogen and oxygen atoms in total. The predicted molar refractivity (Wildman–Crippen MR) is 94.1 cm³/mol. The molecule has 0 aliphatic carbocycles. The SMILES string of the molecule is CCOc1ccc(NC(=O)c2cnn(-c3ccc(Cl)cc3)c2)cc1. The van der Waals surface area contributed by atoms with Gasteiger partial charge in [0.2, 0.25) is 0 Å². The molecule has 0 fully saturated rings. The number of nitrogens with zero attached hydrogens (tertiary/aromatic N) is 2. The molecule has 0 spiro atoms. The Labute approximate surface area is 144 Å². The molecule has 3 aromatic rings. The van der Waals surface area contributed by atoms with Gasteiger partial charge in [0, 0.05) is 16.9 Å². The molecule has 0 saturated heterocycles. The molecule has 3 rings (SSSR count). The molecular weight excluding hydrogens is 326 g/mol. The Balaban J connectivity index is 1.70. The van der Waals surface area contributed by atoms with Crippen molar-refractivity contribution >= 4 is 23.2 Å². The molecule has 122 valence electrons. The molecule has 0 saturated carbocycles. The molecule has 1 heterocycles. The van der Waals surface area contributed by atoms with Gasteiger partial charge in [0.05, 0.1) is 24.1 Å². The molecule has 1 aromatic heterocycles. The minimum atomic E-state index is -0.223. The number of rotatable bonds is 5. The molecule has 6 heteroatoms. The lowest BCUT2D eigenvalue weighted by atomic mass is 10.2. The number of halogens is 1. The number of aromatic nitrogens is 2. The third-order valence-electron chi connectivity index (χ3n) is 3.36. The number of hydrogen-bond donors (Lipinski definition) is 1. The van der Waals surface area contributed by atoms with Gasteiger partial charge < -0.3 is 10.1 Å². The highest BCUT2D eigenvalue weighted by Crippen LogP contribution is 2.17. The fourth-order valence-electron chi connectivity index (χ4n) is 2.18. The summed E-state index contributed by atoms with van der Waals surface area (Å²) in [5.41, 5.74) is 2.00. The number of amides is 1. The van der Waals surface area contributed by atoms with Gasteiger partial charge in [0.1, 0.15) is 5.75 Å². The van der Waals surface area contributed by atoms with Crippen LogP contribution < -0.4 is 10.1 Å². The lowest BCUT2D eigenvalue weighted by Crippen LogP contribution is -2.11. The van der Waals surface area contributed by atoms with Gasteiger partial charge in [0.15, 0.2) is 0 Å². The number of carbonyl (C=O) groups is 1. The van der Waals surface area contributed by atoms with E-state index in [-0.39, 0.29) is 5.91 Å². The van der Waals surface area contributed by atoms with Crippen molar-refractivity contribution in [2.45, 2.75) is 6.92 Å². The summed E-state index contributed by atoms with van der Waals surface area (Å²) in [7, 11) is 0. The highest BCUT2D eigenvalue weighted by Gasteiger charge is 2.10. The van der Waals surface area contributed by atoms with Gasteiger partial charge in [-0.1, -0.05) is 11.6 Å². The Morgan fingerprint density at radius 2 is 1.88 bits per heavy atom. The monoisotopic (exact) mass is 341 g/mol. The van der Waals surface area contributed by atoms with Crippen LogP contribution in [0.25, 0.3) is 5.69 Å². The van der Waals surface area contributed by atoms with Crippen molar-refractivity contribution in [2.75, 3.05) is 11.9 Å². The topological polar surface area (TPSA) is 56.1 Å². The summed E-state index contributed by atoms with van der Waals surface area (Å²) in [5.74, 6) is 0.547. The van der Waals surface area contributed by atoms with Gasteiger partial charge in [-0.25, -0.2) is 4.68 Å². The lowest BCUT2D eigenvalue weighted by Gasteiger charge is -2.06. The highest BCUT2D eigenvalue weighted by molar-refractivity contribution is 6.30. The molecule has 0 aliphatic rings. The van der Waals surface area contributed by atoms with Crippen LogP contribution in [0.2, 0.25) is 5.02 Å². The number of carbonyl (C=O) groups excluding carboxylic acids is 1. The minimum Gasteiger partial charge on any atom is -0.494 e. The van der Waals surface area contributed by atoms with E-state index < -0.39 is 0 Å². The van der Waals surface area contributed by atoms with Crippen molar-refractivity contribution in [2.24, 2.45) is 0 Å². The Bertz CT molecular complexity index is 826. The quantitative estimate of drug-likeness (QED) is 0.757. The first kappa shape index (κ1) is 16.1. The van der Waals surface area contributed by atoms with Crippen LogP contribution in [0.4, 0.5) is 5.69 Å². The molecule has 1 amide bonds. The first-order valence-electron chi connectivity index (χ1n) is 7.50. The number of nitrogens with one attached hydrogen (secondary N) is 1. The van der Waals surface area contributed by atoms with E-state index in [1.807, 2.05) is 31.2 Å². The number of hydrogen-bond acceptors (Lipinski definition) is 3. The minimum absolute atomic E-state index is 0.223. The second-order valence-corrected chi connectivity index (χ2v) is 5.50. The van der Waals surface area contributed by atoms with Gasteiger partial charge in [-0.2, -0.15) is 5.10 Å². The average molecular weight is 342 g/mol. The molecular formula is C18H16ClN3O2. The van der Waals surface area contributed by atoms with Crippen molar-refractivity contribution < 1.29 is 9.53 Å². The van der Waals surface area contributed by atoms with E-state index in [2.05, 4.69) is 10.4 Å². The smallest absolute Gasteiger partial charge is 0.258 e. The van der Waals surface area contributed by atoms with Crippen molar-refractivity contribution in [3.8, 4) is 11.4 Å². The van der Waals surface area contributed by atoms with Gasteiger partial charge in [-0.15, -0.1) is 0 Å². The molecule has 24 heavy (non-hydrogen) atoms. The number of benzene rings is 2. The largest absolute Gasteiger partial charge is 0.494 e. The zero-order chi connectivity index (χ0) is 16.9. The molecule has 0 unspecified atom stereocenters. The van der Waals surface area contributed by atoms with Crippen LogP contribution in [0.5, 0.6) is 5.75 Å². The molecule has 2 aromatic carbocycles. The first-order valence-corrected chi connectivity index (χ1v) is 7.88. The summed E-state index contributed by atoms with van der Waals surface area (Å²) >= 11 is 5.87. The van der Waals surface area contributed by atoms with Crippen LogP contribution in [-0.4, -0.2) is 22.3 Å². The summed E-state index contributed by atoms with van der Waals surface area (Å²) in [5, 5.41) is 7.69. The highest BCUT2D eigenvalue weighted by atomic mass is 35.5. The zero-order valence-electron chi connectivity index (χ0n) is 13.1. The Kier molecular flexibility index (Phi) is 4.82. The van der Waals surface area contributed by atoms with Crippen LogP contribution in [0.15, 0.2) is 60.9 Å². The second kappa shape index (κ2) is 7.19. The zero-order valence-corrected chi connectivity index (χ0v) is 13.8. The van der Waals surface area contributed by atoms with Crippen LogP contribution >= 0.6 is 11.6 Å².